The van der Waals surface area contributed by atoms with Crippen LogP contribution in [0, 0.1) is 0 Å². The molecule has 0 bridgehead atoms. The zero-order chi connectivity index (χ0) is 14.1. The Morgan fingerprint density at radius 3 is 2.95 bits per heavy atom. The molecule has 0 atom stereocenters. The third kappa shape index (κ3) is 5.40. The van der Waals surface area contributed by atoms with Gasteiger partial charge in [-0.1, -0.05) is 6.92 Å². The second-order valence-corrected chi connectivity index (χ2v) is 4.40. The van der Waals surface area contributed by atoms with Gasteiger partial charge in [-0.15, -0.1) is 0 Å². The lowest BCUT2D eigenvalue weighted by atomic mass is 10.4. The zero-order valence-corrected chi connectivity index (χ0v) is 12.1. The summed E-state index contributed by atoms with van der Waals surface area (Å²) < 4.78 is 6.52. The summed E-state index contributed by atoms with van der Waals surface area (Å²) in [5.74, 6) is 0. The molecule has 0 saturated carbocycles. The summed E-state index contributed by atoms with van der Waals surface area (Å²) >= 11 is 0. The summed E-state index contributed by atoms with van der Waals surface area (Å²) in [6.07, 6.45) is 2.63. The Bertz CT molecular complexity index is 419. The van der Waals surface area contributed by atoms with Crippen molar-refractivity contribution in [1.29, 1.82) is 0 Å². The van der Waals surface area contributed by atoms with Gasteiger partial charge in [-0.3, -0.25) is 4.79 Å². The highest BCUT2D eigenvalue weighted by atomic mass is 16.5. The van der Waals surface area contributed by atoms with Crippen molar-refractivity contribution >= 4 is 5.69 Å². The largest absolute Gasteiger partial charge is 0.383 e. The molecule has 0 spiro atoms. The Balaban J connectivity index is 2.56. The Morgan fingerprint density at radius 2 is 2.32 bits per heavy atom. The van der Waals surface area contributed by atoms with Gasteiger partial charge in [-0.25, -0.2) is 4.68 Å². The van der Waals surface area contributed by atoms with E-state index in [1.165, 1.54) is 4.68 Å². The summed E-state index contributed by atoms with van der Waals surface area (Å²) in [5.41, 5.74) is 0.767. The first-order valence-electron chi connectivity index (χ1n) is 6.67. The predicted molar refractivity (Wildman–Crippen MR) is 76.8 cm³/mol. The summed E-state index contributed by atoms with van der Waals surface area (Å²) in [7, 11) is 3.58. The topological polar surface area (TPSA) is 59.4 Å². The fourth-order valence-electron chi connectivity index (χ4n) is 1.69. The van der Waals surface area contributed by atoms with Gasteiger partial charge in [0.15, 0.2) is 0 Å². The van der Waals surface area contributed by atoms with Gasteiger partial charge >= 0.3 is 0 Å². The summed E-state index contributed by atoms with van der Waals surface area (Å²) in [6, 6.07) is 1.62. The molecule has 0 unspecified atom stereocenters. The number of likely N-dealkylation sites (N-methyl/N-ethyl adjacent to an activating group) is 1. The number of anilines is 1. The van der Waals surface area contributed by atoms with Crippen molar-refractivity contribution in [2.45, 2.75) is 19.9 Å². The van der Waals surface area contributed by atoms with Crippen molar-refractivity contribution in [3.05, 3.63) is 22.6 Å². The molecule has 19 heavy (non-hydrogen) atoms. The highest BCUT2D eigenvalue weighted by Crippen LogP contribution is 2.06. The van der Waals surface area contributed by atoms with Gasteiger partial charge < -0.3 is 15.0 Å². The van der Waals surface area contributed by atoms with Crippen LogP contribution in [-0.2, 0) is 11.3 Å². The van der Waals surface area contributed by atoms with E-state index >= 15 is 0 Å². The minimum Gasteiger partial charge on any atom is -0.383 e. The van der Waals surface area contributed by atoms with E-state index in [4.69, 9.17) is 4.74 Å². The van der Waals surface area contributed by atoms with Crippen LogP contribution >= 0.6 is 0 Å². The molecular formula is C13H24N4O2. The molecule has 1 heterocycles. The Hall–Kier alpha value is -1.40. The Kier molecular flexibility index (Phi) is 7.14. The molecule has 0 aliphatic rings. The van der Waals surface area contributed by atoms with Crippen molar-refractivity contribution in [1.82, 2.24) is 15.1 Å². The van der Waals surface area contributed by atoms with Gasteiger partial charge in [0.2, 0.25) is 0 Å². The predicted octanol–water partition coefficient (Wildman–Crippen LogP) is 0.326. The molecule has 0 aliphatic heterocycles. The molecule has 108 valence electrons. The standard InChI is InChI=1S/C13H24N4O2/c1-4-14-6-5-7-17-13(18)10-12(11-15-17)16(2)8-9-19-3/h10-11,14H,4-9H2,1-3H3. The maximum Gasteiger partial charge on any atom is 0.268 e. The van der Waals surface area contributed by atoms with E-state index in [0.717, 1.165) is 31.7 Å². The molecular weight excluding hydrogens is 244 g/mol. The quantitative estimate of drug-likeness (QED) is 0.654. The molecule has 1 aromatic heterocycles. The van der Waals surface area contributed by atoms with Gasteiger partial charge in [-0.2, -0.15) is 5.10 Å². The third-order valence-corrected chi connectivity index (χ3v) is 2.90. The van der Waals surface area contributed by atoms with E-state index in [1.807, 2.05) is 11.9 Å². The molecule has 0 radical (unpaired) electrons. The van der Waals surface area contributed by atoms with Crippen LogP contribution in [0.5, 0.6) is 0 Å². The maximum atomic E-state index is 11.9. The maximum absolute atomic E-state index is 11.9. The molecule has 0 aromatic carbocycles. The van der Waals surface area contributed by atoms with Crippen LogP contribution in [0.15, 0.2) is 17.1 Å². The van der Waals surface area contributed by atoms with Crippen molar-refractivity contribution in [3.8, 4) is 0 Å². The minimum atomic E-state index is -0.0572. The smallest absolute Gasteiger partial charge is 0.268 e. The molecule has 0 aliphatic carbocycles. The van der Waals surface area contributed by atoms with E-state index in [2.05, 4.69) is 17.3 Å². The first-order valence-corrected chi connectivity index (χ1v) is 6.67. The van der Waals surface area contributed by atoms with E-state index in [-0.39, 0.29) is 5.56 Å². The van der Waals surface area contributed by atoms with E-state index < -0.39 is 0 Å². The molecule has 6 heteroatoms. The fourth-order valence-corrected chi connectivity index (χ4v) is 1.69. The first kappa shape index (κ1) is 15.7. The SMILES string of the molecule is CCNCCCn1ncc(N(C)CCOC)cc1=O. The average molecular weight is 268 g/mol. The summed E-state index contributed by atoms with van der Waals surface area (Å²) in [5, 5.41) is 7.42. The second kappa shape index (κ2) is 8.66. The van der Waals surface area contributed by atoms with Crippen LogP contribution in [0.25, 0.3) is 0 Å². The van der Waals surface area contributed by atoms with Crippen LogP contribution < -0.4 is 15.8 Å². The van der Waals surface area contributed by atoms with Crippen LogP contribution in [0.1, 0.15) is 13.3 Å². The third-order valence-electron chi connectivity index (χ3n) is 2.90. The highest BCUT2D eigenvalue weighted by molar-refractivity contribution is 5.41. The summed E-state index contributed by atoms with van der Waals surface area (Å²) in [4.78, 5) is 13.9. The van der Waals surface area contributed by atoms with Gasteiger partial charge in [0, 0.05) is 33.3 Å². The van der Waals surface area contributed by atoms with Gasteiger partial charge in [0.25, 0.3) is 5.56 Å². The summed E-state index contributed by atoms with van der Waals surface area (Å²) in [6.45, 7) is 5.93. The molecule has 1 rings (SSSR count). The van der Waals surface area contributed by atoms with Crippen molar-refractivity contribution in [2.75, 3.05) is 45.3 Å². The van der Waals surface area contributed by atoms with E-state index in [9.17, 15) is 4.79 Å². The van der Waals surface area contributed by atoms with Crippen LogP contribution in [0.3, 0.4) is 0 Å². The number of rotatable bonds is 9. The fraction of sp³-hybridized carbons (Fsp3) is 0.692. The number of aromatic nitrogens is 2. The molecule has 0 saturated heterocycles. The molecule has 0 amide bonds. The number of hydrogen-bond acceptors (Lipinski definition) is 5. The number of methoxy groups -OCH3 is 1. The van der Waals surface area contributed by atoms with Crippen LogP contribution in [-0.4, -0.2) is 50.2 Å². The van der Waals surface area contributed by atoms with E-state index in [0.29, 0.717) is 13.2 Å². The zero-order valence-electron chi connectivity index (χ0n) is 12.1. The number of nitrogens with one attached hydrogen (secondary N) is 1. The normalized spacial score (nSPS) is 10.7. The average Bonchev–Trinajstić information content (AvgIpc) is 2.42. The molecule has 0 fully saturated rings. The van der Waals surface area contributed by atoms with Crippen molar-refractivity contribution < 1.29 is 4.74 Å². The van der Waals surface area contributed by atoms with Crippen LogP contribution in [0.2, 0.25) is 0 Å². The first-order chi connectivity index (χ1) is 9.19. The number of ether oxygens (including phenoxy) is 1. The van der Waals surface area contributed by atoms with Crippen molar-refractivity contribution in [2.24, 2.45) is 0 Å². The monoisotopic (exact) mass is 268 g/mol. The minimum absolute atomic E-state index is 0.0572. The molecule has 1 N–H and O–H groups in total. The lowest BCUT2D eigenvalue weighted by Gasteiger charge is -2.18. The lowest BCUT2D eigenvalue weighted by Crippen LogP contribution is -2.28. The Labute approximate surface area is 114 Å². The Morgan fingerprint density at radius 1 is 1.53 bits per heavy atom. The lowest BCUT2D eigenvalue weighted by molar-refractivity contribution is 0.206. The number of aryl methyl sites for hydroxylation is 1. The van der Waals surface area contributed by atoms with Gasteiger partial charge in [0.05, 0.1) is 18.5 Å². The highest BCUT2D eigenvalue weighted by Gasteiger charge is 2.04. The molecule has 1 aromatic rings. The van der Waals surface area contributed by atoms with Crippen LogP contribution in [0.4, 0.5) is 5.69 Å². The number of hydrogen-bond donors (Lipinski definition) is 1. The van der Waals surface area contributed by atoms with Gasteiger partial charge in [-0.05, 0) is 19.5 Å². The molecule has 6 nitrogen and oxygen atoms in total. The van der Waals surface area contributed by atoms with E-state index in [1.54, 1.807) is 19.4 Å². The van der Waals surface area contributed by atoms with Crippen molar-refractivity contribution in [3.63, 3.8) is 0 Å². The van der Waals surface area contributed by atoms with Gasteiger partial charge in [0.1, 0.15) is 0 Å². The number of nitrogens with zero attached hydrogens (tertiary/aromatic N) is 3. The second-order valence-electron chi connectivity index (χ2n) is 4.40.